The molecule has 1 unspecified atom stereocenters. The highest BCUT2D eigenvalue weighted by molar-refractivity contribution is 7.91. The van der Waals surface area contributed by atoms with Crippen LogP contribution < -0.4 is 10.1 Å². The maximum absolute atomic E-state index is 11.5. The van der Waals surface area contributed by atoms with Crippen molar-refractivity contribution < 1.29 is 13.2 Å². The van der Waals surface area contributed by atoms with E-state index in [0.29, 0.717) is 12.5 Å². The number of likely N-dealkylation sites (N-methyl/N-ethyl adjacent to an activating group) is 1. The molecule has 1 atom stereocenters. The molecule has 0 aliphatic rings. The van der Waals surface area contributed by atoms with Crippen molar-refractivity contribution in [1.82, 2.24) is 5.32 Å². The van der Waals surface area contributed by atoms with Crippen molar-refractivity contribution in [3.05, 3.63) is 29.8 Å². The Hall–Kier alpha value is -1.07. The van der Waals surface area contributed by atoms with E-state index in [2.05, 4.69) is 18.3 Å². The summed E-state index contributed by atoms with van der Waals surface area (Å²) in [5.41, 5.74) is 1.21. The summed E-state index contributed by atoms with van der Waals surface area (Å²) in [5, 5.41) is 3.44. The van der Waals surface area contributed by atoms with Crippen LogP contribution in [0.1, 0.15) is 32.3 Å². The van der Waals surface area contributed by atoms with E-state index in [9.17, 15) is 8.42 Å². The minimum atomic E-state index is -2.86. The zero-order valence-electron chi connectivity index (χ0n) is 13.3. The van der Waals surface area contributed by atoms with Gasteiger partial charge in [-0.05, 0) is 43.5 Å². The molecular formula is C16H27NO3S. The average molecular weight is 313 g/mol. The SMILES string of the molecule is CCNC(CCCS(=O)(=O)CC)Cc1cccc(OC)c1. The first-order valence-corrected chi connectivity index (χ1v) is 9.39. The van der Waals surface area contributed by atoms with Crippen LogP contribution in [0.2, 0.25) is 0 Å². The lowest BCUT2D eigenvalue weighted by atomic mass is 10.0. The van der Waals surface area contributed by atoms with E-state index < -0.39 is 9.84 Å². The number of sulfone groups is 1. The predicted octanol–water partition coefficient (Wildman–Crippen LogP) is 2.43. The molecule has 0 fully saturated rings. The van der Waals surface area contributed by atoms with Crippen LogP contribution in [0.5, 0.6) is 5.75 Å². The van der Waals surface area contributed by atoms with Crippen molar-refractivity contribution in [1.29, 1.82) is 0 Å². The molecular weight excluding hydrogens is 286 g/mol. The number of methoxy groups -OCH3 is 1. The van der Waals surface area contributed by atoms with Crippen molar-refractivity contribution in [3.8, 4) is 5.75 Å². The first-order chi connectivity index (χ1) is 10.0. The maximum atomic E-state index is 11.5. The fourth-order valence-corrected chi connectivity index (χ4v) is 3.24. The van der Waals surface area contributed by atoms with E-state index in [4.69, 9.17) is 4.74 Å². The number of rotatable bonds is 10. The van der Waals surface area contributed by atoms with E-state index in [1.165, 1.54) is 5.56 Å². The summed E-state index contributed by atoms with van der Waals surface area (Å²) in [5.74, 6) is 1.37. The maximum Gasteiger partial charge on any atom is 0.150 e. The molecule has 1 aromatic rings. The van der Waals surface area contributed by atoms with Crippen LogP contribution in [-0.4, -0.2) is 39.6 Å². The Balaban J connectivity index is 2.56. The molecule has 0 spiro atoms. The molecule has 5 heteroatoms. The quantitative estimate of drug-likeness (QED) is 0.721. The van der Waals surface area contributed by atoms with Crippen LogP contribution in [0.4, 0.5) is 0 Å². The van der Waals surface area contributed by atoms with E-state index in [1.807, 2.05) is 18.2 Å². The van der Waals surface area contributed by atoms with Crippen LogP contribution in [0.3, 0.4) is 0 Å². The molecule has 0 saturated carbocycles. The third-order valence-corrected chi connectivity index (χ3v) is 5.35. The van der Waals surface area contributed by atoms with Gasteiger partial charge in [-0.1, -0.05) is 26.0 Å². The summed E-state index contributed by atoms with van der Waals surface area (Å²) >= 11 is 0. The Morgan fingerprint density at radius 3 is 2.67 bits per heavy atom. The molecule has 0 heterocycles. The normalized spacial score (nSPS) is 13.1. The Bertz CT molecular complexity index is 514. The molecule has 0 bridgehead atoms. The van der Waals surface area contributed by atoms with Gasteiger partial charge in [0.05, 0.1) is 12.9 Å². The highest BCUT2D eigenvalue weighted by Crippen LogP contribution is 2.15. The molecule has 0 amide bonds. The van der Waals surface area contributed by atoms with Crippen LogP contribution in [0, 0.1) is 0 Å². The summed E-state index contributed by atoms with van der Waals surface area (Å²) < 4.78 is 28.3. The van der Waals surface area contributed by atoms with E-state index in [1.54, 1.807) is 14.0 Å². The predicted molar refractivity (Wildman–Crippen MR) is 87.7 cm³/mol. The molecule has 1 N–H and O–H groups in total. The van der Waals surface area contributed by atoms with Crippen LogP contribution in [0.15, 0.2) is 24.3 Å². The number of nitrogens with one attached hydrogen (secondary N) is 1. The summed E-state index contributed by atoms with van der Waals surface area (Å²) in [6.07, 6.45) is 2.46. The summed E-state index contributed by atoms with van der Waals surface area (Å²) in [7, 11) is -1.20. The zero-order valence-corrected chi connectivity index (χ0v) is 14.1. The molecule has 0 aromatic heterocycles. The van der Waals surface area contributed by atoms with Gasteiger partial charge in [-0.2, -0.15) is 0 Å². The Morgan fingerprint density at radius 2 is 2.05 bits per heavy atom. The number of hydrogen-bond donors (Lipinski definition) is 1. The molecule has 0 aliphatic carbocycles. The smallest absolute Gasteiger partial charge is 0.150 e. The van der Waals surface area contributed by atoms with E-state index in [-0.39, 0.29) is 11.5 Å². The first-order valence-electron chi connectivity index (χ1n) is 7.57. The van der Waals surface area contributed by atoms with Gasteiger partial charge in [0.2, 0.25) is 0 Å². The lowest BCUT2D eigenvalue weighted by Gasteiger charge is -2.18. The van der Waals surface area contributed by atoms with E-state index >= 15 is 0 Å². The number of ether oxygens (including phenoxy) is 1. The fraction of sp³-hybridized carbons (Fsp3) is 0.625. The number of hydrogen-bond acceptors (Lipinski definition) is 4. The Labute approximate surface area is 128 Å². The molecule has 1 rings (SSSR count). The van der Waals surface area contributed by atoms with Crippen LogP contribution in [-0.2, 0) is 16.3 Å². The van der Waals surface area contributed by atoms with Crippen molar-refractivity contribution in [3.63, 3.8) is 0 Å². The first kappa shape index (κ1) is 18.0. The van der Waals surface area contributed by atoms with Crippen molar-refractivity contribution in [2.24, 2.45) is 0 Å². The largest absolute Gasteiger partial charge is 0.497 e. The second-order valence-corrected chi connectivity index (χ2v) is 7.66. The topological polar surface area (TPSA) is 55.4 Å². The summed E-state index contributed by atoms with van der Waals surface area (Å²) in [6.45, 7) is 4.66. The Morgan fingerprint density at radius 1 is 1.29 bits per heavy atom. The van der Waals surface area contributed by atoms with Gasteiger partial charge < -0.3 is 10.1 Å². The highest BCUT2D eigenvalue weighted by atomic mass is 32.2. The van der Waals surface area contributed by atoms with Crippen molar-refractivity contribution >= 4 is 9.84 Å². The van der Waals surface area contributed by atoms with Crippen LogP contribution >= 0.6 is 0 Å². The molecule has 0 radical (unpaired) electrons. The lowest BCUT2D eigenvalue weighted by Crippen LogP contribution is -2.31. The second-order valence-electron chi connectivity index (χ2n) is 5.19. The molecule has 4 nitrogen and oxygen atoms in total. The number of benzene rings is 1. The zero-order chi connectivity index (χ0) is 15.7. The van der Waals surface area contributed by atoms with Gasteiger partial charge in [-0.15, -0.1) is 0 Å². The van der Waals surface area contributed by atoms with E-state index in [0.717, 1.165) is 25.1 Å². The standard InChI is InChI=1S/C16H27NO3S/c1-4-17-15(9-7-11-21(18,19)5-2)12-14-8-6-10-16(13-14)20-3/h6,8,10,13,15,17H,4-5,7,9,11-12H2,1-3H3. The van der Waals surface area contributed by atoms with Gasteiger partial charge in [0, 0.05) is 11.8 Å². The van der Waals surface area contributed by atoms with Gasteiger partial charge in [-0.3, -0.25) is 0 Å². The average Bonchev–Trinajstić information content (AvgIpc) is 2.47. The summed E-state index contributed by atoms with van der Waals surface area (Å²) in [6, 6.07) is 8.33. The summed E-state index contributed by atoms with van der Waals surface area (Å²) in [4.78, 5) is 0. The second kappa shape index (κ2) is 9.05. The molecule has 0 saturated heterocycles. The fourth-order valence-electron chi connectivity index (χ4n) is 2.34. The lowest BCUT2D eigenvalue weighted by molar-refractivity contribution is 0.413. The monoisotopic (exact) mass is 313 g/mol. The Kier molecular flexibility index (Phi) is 7.75. The van der Waals surface area contributed by atoms with Gasteiger partial charge in [0.15, 0.2) is 0 Å². The minimum absolute atomic E-state index is 0.231. The molecule has 21 heavy (non-hydrogen) atoms. The van der Waals surface area contributed by atoms with Crippen LogP contribution in [0.25, 0.3) is 0 Å². The van der Waals surface area contributed by atoms with Crippen molar-refractivity contribution in [2.45, 2.75) is 39.2 Å². The highest BCUT2D eigenvalue weighted by Gasteiger charge is 2.12. The van der Waals surface area contributed by atoms with Gasteiger partial charge in [-0.25, -0.2) is 8.42 Å². The molecule has 0 aliphatic heterocycles. The minimum Gasteiger partial charge on any atom is -0.497 e. The molecule has 1 aromatic carbocycles. The van der Waals surface area contributed by atoms with Gasteiger partial charge >= 0.3 is 0 Å². The third kappa shape index (κ3) is 6.96. The van der Waals surface area contributed by atoms with Crippen molar-refractivity contribution in [2.75, 3.05) is 25.2 Å². The van der Waals surface area contributed by atoms with Gasteiger partial charge in [0.1, 0.15) is 15.6 Å². The van der Waals surface area contributed by atoms with Gasteiger partial charge in [0.25, 0.3) is 0 Å². The third-order valence-electron chi connectivity index (χ3n) is 3.56. The molecule has 120 valence electrons.